The van der Waals surface area contributed by atoms with Gasteiger partial charge in [-0.3, -0.25) is 4.79 Å². The zero-order valence-corrected chi connectivity index (χ0v) is 18.6. The Hall–Kier alpha value is -3.34. The van der Waals surface area contributed by atoms with E-state index in [1.807, 2.05) is 12.1 Å². The van der Waals surface area contributed by atoms with Crippen molar-refractivity contribution >= 4 is 23.4 Å². The smallest absolute Gasteiger partial charge is 0.406 e. The summed E-state index contributed by atoms with van der Waals surface area (Å²) in [4.78, 5) is 38.0. The maximum atomic E-state index is 13.3. The van der Waals surface area contributed by atoms with E-state index in [9.17, 15) is 22.8 Å². The molecular formula is C23H24F3N5O3. The van der Waals surface area contributed by atoms with E-state index in [-0.39, 0.29) is 18.1 Å². The molecule has 3 aliphatic rings. The largest absolute Gasteiger partial charge is 0.573 e. The number of nitrogens with zero attached hydrogens (tertiary/aromatic N) is 5. The molecule has 1 aliphatic carbocycles. The first kappa shape index (κ1) is 22.5. The number of halogens is 3. The molecule has 1 saturated carbocycles. The Kier molecular flexibility index (Phi) is 5.38. The van der Waals surface area contributed by atoms with E-state index in [0.717, 1.165) is 54.6 Å². The molecular weight excluding hydrogens is 451 g/mol. The number of pyridine rings is 1. The molecule has 11 heteroatoms. The van der Waals surface area contributed by atoms with Crippen LogP contribution in [0, 0.1) is 0 Å². The van der Waals surface area contributed by atoms with Gasteiger partial charge in [-0.05, 0) is 61.9 Å². The van der Waals surface area contributed by atoms with Gasteiger partial charge in [-0.15, -0.1) is 13.2 Å². The number of carbonyl (C=O) groups is 2. The lowest BCUT2D eigenvalue weighted by Gasteiger charge is -2.33. The molecule has 180 valence electrons. The fourth-order valence-electron chi connectivity index (χ4n) is 4.51. The Morgan fingerprint density at radius 3 is 2.32 bits per heavy atom. The normalized spacial score (nSPS) is 20.4. The van der Waals surface area contributed by atoms with Gasteiger partial charge in [0, 0.05) is 38.9 Å². The van der Waals surface area contributed by atoms with E-state index in [2.05, 4.69) is 26.6 Å². The van der Waals surface area contributed by atoms with Crippen molar-refractivity contribution in [1.82, 2.24) is 14.8 Å². The second-order valence-electron chi connectivity index (χ2n) is 8.90. The van der Waals surface area contributed by atoms with Crippen molar-refractivity contribution in [2.75, 3.05) is 43.0 Å². The number of urea groups is 1. The van der Waals surface area contributed by atoms with Crippen LogP contribution < -0.4 is 14.5 Å². The Bertz CT molecular complexity index is 1100. The molecule has 0 atom stereocenters. The topological polar surface area (TPSA) is 69.2 Å². The summed E-state index contributed by atoms with van der Waals surface area (Å²) < 4.78 is 41.2. The summed E-state index contributed by atoms with van der Waals surface area (Å²) in [5.74, 6) is 0.0717. The van der Waals surface area contributed by atoms with Gasteiger partial charge in [-0.1, -0.05) is 0 Å². The number of benzene rings is 1. The van der Waals surface area contributed by atoms with Gasteiger partial charge < -0.3 is 19.4 Å². The molecule has 8 nitrogen and oxygen atoms in total. The first-order valence-corrected chi connectivity index (χ1v) is 11.1. The molecule has 2 aliphatic heterocycles. The van der Waals surface area contributed by atoms with Crippen molar-refractivity contribution in [3.05, 3.63) is 48.2 Å². The zero-order chi connectivity index (χ0) is 24.1. The summed E-state index contributed by atoms with van der Waals surface area (Å²) in [5, 5.41) is 0. The van der Waals surface area contributed by atoms with E-state index in [1.165, 1.54) is 12.1 Å². The minimum absolute atomic E-state index is 0.214. The number of amides is 3. The minimum atomic E-state index is -4.82. The van der Waals surface area contributed by atoms with Gasteiger partial charge in [0.15, 0.2) is 0 Å². The van der Waals surface area contributed by atoms with Crippen LogP contribution >= 0.6 is 0 Å². The van der Waals surface area contributed by atoms with Crippen LogP contribution in [0.1, 0.15) is 18.4 Å². The maximum Gasteiger partial charge on any atom is 0.573 e. The highest BCUT2D eigenvalue weighted by Crippen LogP contribution is 2.49. The summed E-state index contributed by atoms with van der Waals surface area (Å²) in [6.07, 6.45) is -2.00. The number of hydrogen-bond acceptors (Lipinski definition) is 6. The van der Waals surface area contributed by atoms with Gasteiger partial charge in [0.25, 0.3) is 5.91 Å². The number of anilines is 2. The number of ether oxygens (including phenoxy) is 1. The predicted molar refractivity (Wildman–Crippen MR) is 117 cm³/mol. The molecule has 3 fully saturated rings. The molecule has 1 aromatic carbocycles. The van der Waals surface area contributed by atoms with Gasteiger partial charge in [0.05, 0.1) is 5.69 Å². The van der Waals surface area contributed by atoms with Crippen molar-refractivity contribution in [3.8, 4) is 5.75 Å². The first-order valence-electron chi connectivity index (χ1n) is 11.1. The lowest BCUT2D eigenvalue weighted by atomic mass is 10.2. The monoisotopic (exact) mass is 475 g/mol. The molecule has 2 aromatic rings. The standard InChI is InChI=1S/C23H24F3N5O3/c1-28-10-12-29(13-11-28)19-14-16(6-9-27-19)15-30-21(33)31(20(32)22(30)7-8-22)17-2-4-18(5-3-17)34-23(24,25)26/h2-6,9,14H,7-8,10-13,15H2,1H3. The zero-order valence-electron chi connectivity index (χ0n) is 18.6. The second kappa shape index (κ2) is 8.15. The van der Waals surface area contributed by atoms with Crippen LogP contribution in [0.25, 0.3) is 0 Å². The van der Waals surface area contributed by atoms with Crippen molar-refractivity contribution in [2.24, 2.45) is 0 Å². The summed E-state index contributed by atoms with van der Waals surface area (Å²) in [7, 11) is 2.08. The average Bonchev–Trinajstić information content (AvgIpc) is 3.57. The SMILES string of the molecule is CN1CCN(c2cc(CN3C(=O)N(c4ccc(OC(F)(F)F)cc4)C(=O)C34CC4)ccn2)CC1. The number of piperazine rings is 1. The molecule has 1 aromatic heterocycles. The summed E-state index contributed by atoms with van der Waals surface area (Å²) in [5.41, 5.74) is 0.188. The highest BCUT2D eigenvalue weighted by atomic mass is 19.4. The minimum Gasteiger partial charge on any atom is -0.406 e. The molecule has 2 saturated heterocycles. The molecule has 0 bridgehead atoms. The van der Waals surface area contributed by atoms with Crippen molar-refractivity contribution < 1.29 is 27.5 Å². The molecule has 3 heterocycles. The Morgan fingerprint density at radius 2 is 1.71 bits per heavy atom. The van der Waals surface area contributed by atoms with E-state index < -0.39 is 23.7 Å². The van der Waals surface area contributed by atoms with E-state index >= 15 is 0 Å². The van der Waals surface area contributed by atoms with Crippen molar-refractivity contribution in [3.63, 3.8) is 0 Å². The van der Waals surface area contributed by atoms with Crippen LogP contribution in [0.5, 0.6) is 5.75 Å². The van der Waals surface area contributed by atoms with Crippen molar-refractivity contribution in [2.45, 2.75) is 31.3 Å². The van der Waals surface area contributed by atoms with Crippen LogP contribution in [0.2, 0.25) is 0 Å². The highest BCUT2D eigenvalue weighted by Gasteiger charge is 2.65. The number of carbonyl (C=O) groups excluding carboxylic acids is 2. The molecule has 34 heavy (non-hydrogen) atoms. The second-order valence-corrected chi connectivity index (χ2v) is 8.90. The van der Waals surface area contributed by atoms with Gasteiger partial charge in [-0.25, -0.2) is 14.7 Å². The summed E-state index contributed by atoms with van der Waals surface area (Å²) in [6, 6.07) is 8.06. The van der Waals surface area contributed by atoms with Crippen LogP contribution in [-0.4, -0.2) is 71.9 Å². The fraction of sp³-hybridized carbons (Fsp3) is 0.435. The van der Waals surface area contributed by atoms with Crippen molar-refractivity contribution in [1.29, 1.82) is 0 Å². The molecule has 1 spiro atoms. The number of aromatic nitrogens is 1. The highest BCUT2D eigenvalue weighted by molar-refractivity contribution is 6.24. The van der Waals surface area contributed by atoms with Gasteiger partial charge >= 0.3 is 12.4 Å². The van der Waals surface area contributed by atoms with E-state index in [1.54, 1.807) is 11.1 Å². The third kappa shape index (κ3) is 4.15. The molecule has 5 rings (SSSR count). The number of likely N-dealkylation sites (N-methyl/N-ethyl adjacent to an activating group) is 1. The van der Waals surface area contributed by atoms with Gasteiger partial charge in [-0.2, -0.15) is 0 Å². The van der Waals surface area contributed by atoms with Gasteiger partial charge in [0.1, 0.15) is 17.1 Å². The average molecular weight is 475 g/mol. The van der Waals surface area contributed by atoms with Crippen LogP contribution in [0.4, 0.5) is 29.5 Å². The molecule has 0 N–H and O–H groups in total. The Balaban J connectivity index is 1.34. The third-order valence-corrected chi connectivity index (χ3v) is 6.57. The fourth-order valence-corrected chi connectivity index (χ4v) is 4.51. The summed E-state index contributed by atoms with van der Waals surface area (Å²) in [6.45, 7) is 3.85. The lowest BCUT2D eigenvalue weighted by Crippen LogP contribution is -2.44. The third-order valence-electron chi connectivity index (χ3n) is 6.57. The van der Waals surface area contributed by atoms with Crippen LogP contribution in [0.3, 0.4) is 0 Å². The number of imide groups is 1. The number of alkyl halides is 3. The predicted octanol–water partition coefficient (Wildman–Crippen LogP) is 3.23. The van der Waals surface area contributed by atoms with E-state index in [4.69, 9.17) is 0 Å². The Labute approximate surface area is 194 Å². The quantitative estimate of drug-likeness (QED) is 0.619. The van der Waals surface area contributed by atoms with Crippen LogP contribution in [0.15, 0.2) is 42.6 Å². The first-order chi connectivity index (χ1) is 16.2. The lowest BCUT2D eigenvalue weighted by molar-refractivity contribution is -0.274. The summed E-state index contributed by atoms with van der Waals surface area (Å²) >= 11 is 0. The van der Waals surface area contributed by atoms with Crippen LogP contribution in [-0.2, 0) is 11.3 Å². The molecule has 0 unspecified atom stereocenters. The number of hydrogen-bond donors (Lipinski definition) is 0. The number of rotatable bonds is 5. The van der Waals surface area contributed by atoms with Gasteiger partial charge in [0.2, 0.25) is 0 Å². The molecule has 0 radical (unpaired) electrons. The maximum absolute atomic E-state index is 13.3. The molecule has 3 amide bonds. The van der Waals surface area contributed by atoms with E-state index in [0.29, 0.717) is 12.8 Å². The Morgan fingerprint density at radius 1 is 1.03 bits per heavy atom.